The maximum Gasteiger partial charge on any atom is 0.339 e. The van der Waals surface area contributed by atoms with Gasteiger partial charge < -0.3 is 9.47 Å². The highest BCUT2D eigenvalue weighted by atomic mass is 32.2. The molecular formula is C21H24O7S. The molecule has 2 aromatic carbocycles. The Morgan fingerprint density at radius 1 is 1.00 bits per heavy atom. The third-order valence-electron chi connectivity index (χ3n) is 4.13. The van der Waals surface area contributed by atoms with Gasteiger partial charge in [0.25, 0.3) is 10.1 Å². The van der Waals surface area contributed by atoms with E-state index in [1.165, 1.54) is 24.3 Å². The Kier molecular flexibility index (Phi) is 8.35. The molecule has 2 aromatic rings. The third kappa shape index (κ3) is 6.40. The van der Waals surface area contributed by atoms with Gasteiger partial charge in [0.2, 0.25) is 0 Å². The Morgan fingerprint density at radius 3 is 2.31 bits per heavy atom. The summed E-state index contributed by atoms with van der Waals surface area (Å²) in [6.07, 6.45) is 0.00263. The second-order valence-corrected chi connectivity index (χ2v) is 7.70. The molecule has 0 unspecified atom stereocenters. The number of carbonyl (C=O) groups excluding carboxylic acids is 2. The summed E-state index contributed by atoms with van der Waals surface area (Å²) < 4.78 is 40.4. The zero-order valence-electron chi connectivity index (χ0n) is 16.4. The molecular weight excluding hydrogens is 396 g/mol. The van der Waals surface area contributed by atoms with Crippen LogP contribution in [0.4, 0.5) is 0 Å². The van der Waals surface area contributed by atoms with Gasteiger partial charge in [0.15, 0.2) is 6.10 Å². The summed E-state index contributed by atoms with van der Waals surface area (Å²) in [4.78, 5) is 23.8. The van der Waals surface area contributed by atoms with Crippen LogP contribution < -0.4 is 0 Å². The van der Waals surface area contributed by atoms with Gasteiger partial charge >= 0.3 is 11.9 Å². The lowest BCUT2D eigenvalue weighted by atomic mass is 10.1. The van der Waals surface area contributed by atoms with E-state index in [4.69, 9.17) is 8.92 Å². The van der Waals surface area contributed by atoms with Crippen molar-refractivity contribution in [3.8, 4) is 0 Å². The number of esters is 2. The third-order valence-corrected chi connectivity index (χ3v) is 5.51. The number of hydrogen-bond donors (Lipinski definition) is 0. The number of benzene rings is 2. The van der Waals surface area contributed by atoms with Gasteiger partial charge in [0, 0.05) is 0 Å². The number of aryl methyl sites for hydroxylation is 1. The molecule has 0 aliphatic carbocycles. The molecule has 1 atom stereocenters. The Balaban J connectivity index is 2.19. The van der Waals surface area contributed by atoms with Crippen LogP contribution in [-0.4, -0.2) is 40.2 Å². The summed E-state index contributed by atoms with van der Waals surface area (Å²) in [5.41, 5.74) is 0.899. The van der Waals surface area contributed by atoms with Crippen molar-refractivity contribution in [3.63, 3.8) is 0 Å². The van der Waals surface area contributed by atoms with Crippen molar-refractivity contribution in [2.45, 2.75) is 37.2 Å². The number of carbonyl (C=O) groups is 2. The Labute approximate surface area is 170 Å². The van der Waals surface area contributed by atoms with Crippen LogP contribution in [0, 0.1) is 0 Å². The largest absolute Gasteiger partial charge is 0.465 e. The Morgan fingerprint density at radius 2 is 1.66 bits per heavy atom. The monoisotopic (exact) mass is 420 g/mol. The molecule has 0 aromatic heterocycles. The summed E-state index contributed by atoms with van der Waals surface area (Å²) in [6.45, 7) is 1.72. The van der Waals surface area contributed by atoms with Crippen LogP contribution in [0.2, 0.25) is 0 Å². The van der Waals surface area contributed by atoms with E-state index in [2.05, 4.69) is 4.74 Å². The second-order valence-electron chi connectivity index (χ2n) is 6.16. The zero-order valence-corrected chi connectivity index (χ0v) is 17.2. The van der Waals surface area contributed by atoms with Crippen LogP contribution in [0.25, 0.3) is 0 Å². The molecule has 0 spiro atoms. The van der Waals surface area contributed by atoms with Crippen LogP contribution in [0.3, 0.4) is 0 Å². The maximum absolute atomic E-state index is 12.8. The molecule has 0 N–H and O–H groups in total. The van der Waals surface area contributed by atoms with Gasteiger partial charge in [-0.1, -0.05) is 42.5 Å². The van der Waals surface area contributed by atoms with Crippen molar-refractivity contribution in [1.29, 1.82) is 0 Å². The molecule has 0 heterocycles. The number of rotatable bonds is 10. The van der Waals surface area contributed by atoms with E-state index in [9.17, 15) is 18.0 Å². The first-order chi connectivity index (χ1) is 13.9. The molecule has 0 amide bonds. The van der Waals surface area contributed by atoms with Crippen molar-refractivity contribution in [3.05, 3.63) is 65.7 Å². The minimum atomic E-state index is -4.41. The van der Waals surface area contributed by atoms with E-state index in [1.54, 1.807) is 6.92 Å². The van der Waals surface area contributed by atoms with E-state index in [-0.39, 0.29) is 23.5 Å². The fraction of sp³-hybridized carbons (Fsp3) is 0.333. The van der Waals surface area contributed by atoms with E-state index in [0.29, 0.717) is 12.8 Å². The van der Waals surface area contributed by atoms with Crippen LogP contribution >= 0.6 is 0 Å². The highest BCUT2D eigenvalue weighted by Crippen LogP contribution is 2.22. The summed E-state index contributed by atoms with van der Waals surface area (Å²) in [6, 6.07) is 15.1. The van der Waals surface area contributed by atoms with Gasteiger partial charge in [-0.15, -0.1) is 0 Å². The lowest BCUT2D eigenvalue weighted by Gasteiger charge is -2.17. The molecule has 0 fully saturated rings. The summed E-state index contributed by atoms with van der Waals surface area (Å²) >= 11 is 0. The van der Waals surface area contributed by atoms with Crippen molar-refractivity contribution < 1.29 is 31.7 Å². The molecule has 0 bridgehead atoms. The predicted molar refractivity (Wildman–Crippen MR) is 106 cm³/mol. The second kappa shape index (κ2) is 10.7. The van der Waals surface area contributed by atoms with E-state index < -0.39 is 28.2 Å². The van der Waals surface area contributed by atoms with Gasteiger partial charge in [0.1, 0.15) is 4.90 Å². The van der Waals surface area contributed by atoms with E-state index in [0.717, 1.165) is 12.7 Å². The molecule has 2 rings (SSSR count). The molecule has 7 nitrogen and oxygen atoms in total. The maximum atomic E-state index is 12.8. The normalized spacial score (nSPS) is 12.2. The molecule has 0 saturated carbocycles. The van der Waals surface area contributed by atoms with E-state index >= 15 is 0 Å². The smallest absolute Gasteiger partial charge is 0.339 e. The first-order valence-electron chi connectivity index (χ1n) is 9.20. The molecule has 29 heavy (non-hydrogen) atoms. The van der Waals surface area contributed by atoms with Gasteiger partial charge in [-0.2, -0.15) is 8.42 Å². The highest BCUT2D eigenvalue weighted by Gasteiger charge is 2.31. The van der Waals surface area contributed by atoms with Gasteiger partial charge in [0.05, 0.1) is 19.3 Å². The topological polar surface area (TPSA) is 96.0 Å². The van der Waals surface area contributed by atoms with Crippen LogP contribution in [0.15, 0.2) is 59.5 Å². The predicted octanol–water partition coefficient (Wildman–Crippen LogP) is 3.13. The molecule has 0 aliphatic heterocycles. The standard InChI is InChI=1S/C21H24O7S/c1-3-27-21(23)18(14-9-12-16-10-5-4-6-11-16)28-29(24,25)19-15-8-7-13-17(19)20(22)26-2/h4-8,10-11,13,15,18H,3,9,12,14H2,1-2H3/t18-/m1/s1. The molecule has 0 aliphatic rings. The minimum absolute atomic E-state index is 0.0934. The van der Waals surface area contributed by atoms with Crippen LogP contribution in [0.1, 0.15) is 35.7 Å². The number of hydrogen-bond acceptors (Lipinski definition) is 7. The van der Waals surface area contributed by atoms with Crippen molar-refractivity contribution in [2.75, 3.05) is 13.7 Å². The Bertz CT molecular complexity index is 923. The highest BCUT2D eigenvalue weighted by molar-refractivity contribution is 7.86. The van der Waals surface area contributed by atoms with Gasteiger partial charge in [-0.05, 0) is 43.9 Å². The average molecular weight is 420 g/mol. The number of methoxy groups -OCH3 is 1. The molecule has 8 heteroatoms. The number of ether oxygens (including phenoxy) is 2. The quantitative estimate of drug-likeness (QED) is 0.430. The van der Waals surface area contributed by atoms with Crippen molar-refractivity contribution in [2.24, 2.45) is 0 Å². The van der Waals surface area contributed by atoms with Crippen molar-refractivity contribution >= 4 is 22.1 Å². The van der Waals surface area contributed by atoms with Crippen LogP contribution in [0.5, 0.6) is 0 Å². The van der Waals surface area contributed by atoms with Gasteiger partial charge in [-0.3, -0.25) is 4.18 Å². The molecule has 0 saturated heterocycles. The summed E-state index contributed by atoms with van der Waals surface area (Å²) in [5, 5.41) is 0. The summed E-state index contributed by atoms with van der Waals surface area (Å²) in [7, 11) is -3.25. The first kappa shape index (κ1) is 22.6. The van der Waals surface area contributed by atoms with Crippen LogP contribution in [-0.2, 0) is 35.0 Å². The SMILES string of the molecule is CCOC(=O)[C@@H](CCCc1ccccc1)OS(=O)(=O)c1ccccc1C(=O)OC. The van der Waals surface area contributed by atoms with Crippen molar-refractivity contribution in [1.82, 2.24) is 0 Å². The lowest BCUT2D eigenvalue weighted by Crippen LogP contribution is -2.30. The van der Waals surface area contributed by atoms with Gasteiger partial charge in [-0.25, -0.2) is 9.59 Å². The Hall–Kier alpha value is -2.71. The zero-order chi connectivity index (χ0) is 21.3. The fourth-order valence-corrected chi connectivity index (χ4v) is 3.99. The average Bonchev–Trinajstić information content (AvgIpc) is 2.73. The van der Waals surface area contributed by atoms with E-state index in [1.807, 2.05) is 30.3 Å². The minimum Gasteiger partial charge on any atom is -0.465 e. The summed E-state index contributed by atoms with van der Waals surface area (Å²) in [5.74, 6) is -1.58. The molecule has 0 radical (unpaired) electrons. The lowest BCUT2D eigenvalue weighted by molar-refractivity contribution is -0.151. The fourth-order valence-electron chi connectivity index (χ4n) is 2.74. The first-order valence-corrected chi connectivity index (χ1v) is 10.6. The molecule has 156 valence electrons.